The Bertz CT molecular complexity index is 2790. The maximum atomic E-state index is 14.7. The van der Waals surface area contributed by atoms with E-state index >= 15 is 0 Å². The van der Waals surface area contributed by atoms with Gasteiger partial charge in [-0.15, -0.1) is 0 Å². The molecule has 0 spiro atoms. The van der Waals surface area contributed by atoms with Gasteiger partial charge in [-0.3, -0.25) is 38.4 Å². The highest BCUT2D eigenvalue weighted by atomic mass is 16.4. The Morgan fingerprint density at radius 2 is 0.934 bits per heavy atom. The summed E-state index contributed by atoms with van der Waals surface area (Å²) in [6, 6.07) is 18.8. The number of carboxylic acid groups (broad SMARTS) is 2. The third-order valence-electron chi connectivity index (χ3n) is 12.3. The monoisotopic (exact) mass is 1050 g/mol. The van der Waals surface area contributed by atoms with Crippen LogP contribution in [0.25, 0.3) is 10.9 Å². The molecule has 1 heterocycles. The van der Waals surface area contributed by atoms with Crippen molar-refractivity contribution in [1.29, 1.82) is 0 Å². The summed E-state index contributed by atoms with van der Waals surface area (Å²) in [5.41, 5.74) is 14.3. The topological polar surface area (TPSA) is 366 Å². The fourth-order valence-corrected chi connectivity index (χ4v) is 8.13. The van der Waals surface area contributed by atoms with Crippen LogP contribution in [-0.2, 0) is 68.8 Å². The van der Waals surface area contributed by atoms with Gasteiger partial charge in [-0.1, -0.05) is 91.0 Å². The molecule has 15 N–H and O–H groups in total. The van der Waals surface area contributed by atoms with E-state index in [0.717, 1.165) is 0 Å². The first kappa shape index (κ1) is 58.3. The lowest BCUT2D eigenvalue weighted by atomic mass is 10.0. The van der Waals surface area contributed by atoms with Crippen molar-refractivity contribution in [2.75, 3.05) is 6.54 Å². The average Bonchev–Trinajstić information content (AvgIpc) is 3.80. The quantitative estimate of drug-likeness (QED) is 0.0292. The van der Waals surface area contributed by atoms with E-state index in [1.807, 2.05) is 0 Å². The number of phenols is 1. The number of aromatic nitrogens is 1. The lowest BCUT2D eigenvalue weighted by Gasteiger charge is -2.27. The fourth-order valence-electron chi connectivity index (χ4n) is 8.13. The van der Waals surface area contributed by atoms with Gasteiger partial charge in [-0.25, -0.2) is 4.79 Å². The first-order valence-corrected chi connectivity index (χ1v) is 24.7. The molecule has 76 heavy (non-hydrogen) atoms. The number of aromatic hydroxyl groups is 1. The molecule has 22 heteroatoms. The van der Waals surface area contributed by atoms with Gasteiger partial charge < -0.3 is 69.0 Å². The summed E-state index contributed by atoms with van der Waals surface area (Å²) in [5.74, 6) is -9.11. The molecule has 7 amide bonds. The summed E-state index contributed by atoms with van der Waals surface area (Å²) in [6.07, 6.45) is 1.03. The van der Waals surface area contributed by atoms with Crippen molar-refractivity contribution in [2.45, 2.75) is 114 Å². The number of aliphatic carboxylic acids is 2. The van der Waals surface area contributed by atoms with Gasteiger partial charge in [0.1, 0.15) is 48.0 Å². The van der Waals surface area contributed by atoms with Gasteiger partial charge in [-0.05, 0) is 80.1 Å². The van der Waals surface area contributed by atoms with Crippen LogP contribution in [0.15, 0.2) is 115 Å². The number of benzene rings is 4. The Morgan fingerprint density at radius 1 is 0.500 bits per heavy atom. The van der Waals surface area contributed by atoms with E-state index in [0.29, 0.717) is 52.5 Å². The Labute approximate surface area is 438 Å². The van der Waals surface area contributed by atoms with E-state index < -0.39 is 108 Å². The number of amides is 7. The van der Waals surface area contributed by atoms with Crippen molar-refractivity contribution in [3.63, 3.8) is 0 Å². The first-order chi connectivity index (χ1) is 36.3. The maximum absolute atomic E-state index is 14.7. The van der Waals surface area contributed by atoms with Crippen molar-refractivity contribution in [3.8, 4) is 5.75 Å². The molecular weight excluding hydrogens is 981 g/mol. The zero-order valence-corrected chi connectivity index (χ0v) is 42.1. The number of nitrogens with one attached hydrogen (secondary N) is 8. The molecule has 4 aromatic carbocycles. The molecule has 0 unspecified atom stereocenters. The van der Waals surface area contributed by atoms with Gasteiger partial charge >= 0.3 is 11.9 Å². The number of rotatable bonds is 29. The molecule has 0 aliphatic rings. The third-order valence-corrected chi connectivity index (χ3v) is 12.3. The molecule has 0 saturated carbocycles. The first-order valence-electron chi connectivity index (χ1n) is 24.7. The van der Waals surface area contributed by atoms with E-state index in [4.69, 9.17) is 11.5 Å². The lowest BCUT2D eigenvalue weighted by Crippen LogP contribution is -2.61. The van der Waals surface area contributed by atoms with Crippen molar-refractivity contribution < 1.29 is 58.5 Å². The molecule has 1 aromatic heterocycles. The van der Waals surface area contributed by atoms with Crippen molar-refractivity contribution in [3.05, 3.63) is 138 Å². The van der Waals surface area contributed by atoms with Crippen LogP contribution in [0, 0.1) is 0 Å². The molecule has 404 valence electrons. The molecule has 22 nitrogen and oxygen atoms in total. The van der Waals surface area contributed by atoms with Crippen molar-refractivity contribution in [2.24, 2.45) is 11.5 Å². The van der Waals surface area contributed by atoms with Gasteiger partial charge in [0.2, 0.25) is 41.4 Å². The highest BCUT2D eigenvalue weighted by molar-refractivity contribution is 5.99. The number of hydrogen-bond donors (Lipinski definition) is 13. The predicted molar refractivity (Wildman–Crippen MR) is 280 cm³/mol. The van der Waals surface area contributed by atoms with E-state index in [-0.39, 0.29) is 37.9 Å². The molecule has 0 saturated heterocycles. The number of fused-ring (bicyclic) bond motifs is 1. The summed E-state index contributed by atoms with van der Waals surface area (Å²) in [5, 5.41) is 48.4. The number of carboxylic acids is 2. The third kappa shape index (κ3) is 18.1. The van der Waals surface area contributed by atoms with Gasteiger partial charge in [0.05, 0.1) is 12.5 Å². The number of nitrogens with two attached hydrogens (primary N) is 2. The Hall–Kier alpha value is -8.63. The van der Waals surface area contributed by atoms with Crippen LogP contribution in [-0.4, -0.2) is 128 Å². The van der Waals surface area contributed by atoms with Crippen LogP contribution >= 0.6 is 0 Å². The summed E-state index contributed by atoms with van der Waals surface area (Å²) < 4.78 is 0. The molecule has 0 bridgehead atoms. The average molecular weight is 1050 g/mol. The van der Waals surface area contributed by atoms with Gasteiger partial charge in [0.25, 0.3) is 0 Å². The molecule has 0 fully saturated rings. The SMILES string of the molecule is C[C@H](N)C(=O)N[C@@H](Cc1ccccc1)C(=O)N[C@@H](Cc1ccc(O)cc1)C(=O)N[C@@H](CC(=O)O)C(=O)N[C@@H](Cc1c[nH]c2ccccc12)C(=O)N[C@@H](Cc1ccccc1)C(=O)N[C@@H](C)C(=O)N[C@@H](CCCCN)C(=O)O. The number of carbonyl (C=O) groups is 9. The number of hydrogen-bond acceptors (Lipinski definition) is 12. The van der Waals surface area contributed by atoms with Crippen LogP contribution in [0.5, 0.6) is 5.75 Å². The van der Waals surface area contributed by atoms with Crippen LogP contribution in [0.3, 0.4) is 0 Å². The predicted octanol–water partition coefficient (Wildman–Crippen LogP) is 0.593. The van der Waals surface area contributed by atoms with Crippen LogP contribution in [0.2, 0.25) is 0 Å². The Morgan fingerprint density at radius 3 is 1.43 bits per heavy atom. The van der Waals surface area contributed by atoms with Crippen LogP contribution in [0.4, 0.5) is 0 Å². The zero-order valence-electron chi connectivity index (χ0n) is 42.1. The fraction of sp³-hybridized carbons (Fsp3) is 0.352. The second-order valence-electron chi connectivity index (χ2n) is 18.4. The van der Waals surface area contributed by atoms with E-state index in [2.05, 4.69) is 42.2 Å². The van der Waals surface area contributed by atoms with Crippen LogP contribution < -0.4 is 48.7 Å². The number of para-hydroxylation sites is 1. The summed E-state index contributed by atoms with van der Waals surface area (Å²) in [4.78, 5) is 125. The minimum Gasteiger partial charge on any atom is -0.508 e. The lowest BCUT2D eigenvalue weighted by molar-refractivity contribution is -0.142. The second-order valence-corrected chi connectivity index (χ2v) is 18.4. The van der Waals surface area contributed by atoms with Crippen molar-refractivity contribution in [1.82, 2.24) is 42.2 Å². The van der Waals surface area contributed by atoms with Gasteiger partial charge in [0.15, 0.2) is 0 Å². The highest BCUT2D eigenvalue weighted by Crippen LogP contribution is 2.20. The maximum Gasteiger partial charge on any atom is 0.326 e. The van der Waals surface area contributed by atoms with Crippen molar-refractivity contribution >= 4 is 64.2 Å². The molecule has 8 atom stereocenters. The van der Waals surface area contributed by atoms with Gasteiger partial charge in [-0.2, -0.15) is 0 Å². The second kappa shape index (κ2) is 28.7. The Kier molecular flexibility index (Phi) is 22.0. The normalized spacial score (nSPS) is 14.2. The number of H-pyrrole nitrogens is 1. The molecule has 5 aromatic rings. The van der Waals surface area contributed by atoms with E-state index in [1.165, 1.54) is 38.1 Å². The molecule has 5 rings (SSSR count). The summed E-state index contributed by atoms with van der Waals surface area (Å²) in [7, 11) is 0. The number of carbonyl (C=O) groups excluding carboxylic acids is 7. The molecule has 0 radical (unpaired) electrons. The number of phenolic OH excluding ortho intramolecular Hbond substituents is 1. The zero-order chi connectivity index (χ0) is 55.3. The minimum absolute atomic E-state index is 0.0198. The largest absolute Gasteiger partial charge is 0.508 e. The highest BCUT2D eigenvalue weighted by Gasteiger charge is 2.35. The minimum atomic E-state index is -1.88. The van der Waals surface area contributed by atoms with E-state index in [1.54, 1.807) is 91.1 Å². The molecule has 0 aliphatic carbocycles. The summed E-state index contributed by atoms with van der Waals surface area (Å²) in [6.45, 7) is 3.09. The smallest absolute Gasteiger partial charge is 0.326 e. The van der Waals surface area contributed by atoms with E-state index in [9.17, 15) is 58.5 Å². The van der Waals surface area contributed by atoms with Gasteiger partial charge in [0, 0.05) is 42.8 Å². The number of unbranched alkanes of at least 4 members (excludes halogenated alkanes) is 1. The molecule has 0 aliphatic heterocycles. The molecular formula is C54H66N10O12. The number of aromatic amines is 1. The standard InChI is InChI=1S/C54H66N10O12/c1-31(56)47(68)60-42(26-34-15-7-4-8-16-34)50(71)62-43(27-35-20-22-37(65)23-21-35)51(72)64-45(29-46(66)67)53(74)63-44(28-36-30-57-39-18-10-9-17-38(36)39)52(73)61-41(25-33-13-5-3-6-14-33)49(70)58-32(2)48(69)59-40(54(75)76)19-11-12-24-55/h3-10,13-18,20-23,30-32,40-45,57,65H,11-12,19,24-29,55-56H2,1-2H3,(H,58,70)(H,59,69)(H,60,68)(H,61,73)(H,62,71)(H,63,74)(H,64,72)(H,66,67)(H,75,76)/t31-,32-,40-,41-,42-,43-,44-,45-/m0/s1. The van der Waals surface area contributed by atoms with Crippen LogP contribution in [0.1, 0.15) is 61.8 Å². The Balaban J connectivity index is 1.44. The summed E-state index contributed by atoms with van der Waals surface area (Å²) >= 11 is 0.